The van der Waals surface area contributed by atoms with E-state index >= 15 is 0 Å². The molecule has 0 aromatic heterocycles. The third-order valence-corrected chi connectivity index (χ3v) is 2.79. The first-order valence-electron chi connectivity index (χ1n) is 4.98. The summed E-state index contributed by atoms with van der Waals surface area (Å²) in [5, 5.41) is 0. The van der Waals surface area contributed by atoms with Crippen molar-refractivity contribution in [1.29, 1.82) is 0 Å². The molecule has 0 spiro atoms. The van der Waals surface area contributed by atoms with Crippen molar-refractivity contribution in [1.82, 2.24) is 0 Å². The molecule has 1 nitrogen and oxygen atoms in total. The van der Waals surface area contributed by atoms with Gasteiger partial charge in [0.15, 0.2) is 0 Å². The van der Waals surface area contributed by atoms with E-state index in [0.29, 0.717) is 5.92 Å². The molecule has 0 aliphatic heterocycles. The molecule has 1 aromatic carbocycles. The van der Waals surface area contributed by atoms with Gasteiger partial charge in [0, 0.05) is 6.04 Å². The van der Waals surface area contributed by atoms with Crippen molar-refractivity contribution in [3.05, 3.63) is 35.4 Å². The molecule has 0 heterocycles. The van der Waals surface area contributed by atoms with E-state index in [4.69, 9.17) is 5.73 Å². The Morgan fingerprint density at radius 2 is 1.92 bits per heavy atom. The number of nitrogens with two attached hydrogens (primary N) is 1. The second-order valence-electron chi connectivity index (χ2n) is 3.72. The molecule has 2 unspecified atom stereocenters. The summed E-state index contributed by atoms with van der Waals surface area (Å²) >= 11 is 0. The van der Waals surface area contributed by atoms with Gasteiger partial charge in [0.25, 0.3) is 0 Å². The Hall–Kier alpha value is -0.820. The molecular weight excluding hydrogens is 158 g/mol. The van der Waals surface area contributed by atoms with Crippen LogP contribution in [0.25, 0.3) is 0 Å². The van der Waals surface area contributed by atoms with E-state index in [1.807, 2.05) is 0 Å². The Balaban J connectivity index is 2.88. The van der Waals surface area contributed by atoms with Crippen molar-refractivity contribution in [2.24, 2.45) is 5.73 Å². The zero-order valence-corrected chi connectivity index (χ0v) is 8.75. The van der Waals surface area contributed by atoms with Crippen molar-refractivity contribution in [3.63, 3.8) is 0 Å². The van der Waals surface area contributed by atoms with Crippen LogP contribution in [0.1, 0.15) is 37.3 Å². The average Bonchev–Trinajstić information content (AvgIpc) is 2.16. The van der Waals surface area contributed by atoms with Gasteiger partial charge in [0.1, 0.15) is 0 Å². The minimum atomic E-state index is 0.279. The van der Waals surface area contributed by atoms with Gasteiger partial charge in [-0.15, -0.1) is 0 Å². The van der Waals surface area contributed by atoms with Crippen LogP contribution in [-0.4, -0.2) is 6.04 Å². The number of aryl methyl sites for hydroxylation is 1. The van der Waals surface area contributed by atoms with Crippen LogP contribution in [0.5, 0.6) is 0 Å². The summed E-state index contributed by atoms with van der Waals surface area (Å²) in [5.74, 6) is 0.464. The predicted octanol–water partition coefficient (Wildman–Crippen LogP) is 2.84. The third-order valence-electron chi connectivity index (χ3n) is 2.79. The normalized spacial score (nSPS) is 15.4. The minimum Gasteiger partial charge on any atom is -0.327 e. The average molecular weight is 177 g/mol. The van der Waals surface area contributed by atoms with Gasteiger partial charge in [-0.1, -0.05) is 38.1 Å². The molecule has 0 bridgehead atoms. The summed E-state index contributed by atoms with van der Waals surface area (Å²) < 4.78 is 0. The number of hydrogen-bond donors (Lipinski definition) is 1. The van der Waals surface area contributed by atoms with Crippen LogP contribution in [0.4, 0.5) is 0 Å². The SMILES string of the molecule is CCC(N)C(C)c1ccccc1C. The maximum atomic E-state index is 6.02. The van der Waals surface area contributed by atoms with Crippen LogP contribution >= 0.6 is 0 Å². The topological polar surface area (TPSA) is 26.0 Å². The standard InChI is InChI=1S/C12H19N/c1-4-12(13)10(3)11-8-6-5-7-9(11)2/h5-8,10,12H,4,13H2,1-3H3. The molecule has 0 saturated heterocycles. The van der Waals surface area contributed by atoms with E-state index in [-0.39, 0.29) is 6.04 Å². The van der Waals surface area contributed by atoms with Gasteiger partial charge >= 0.3 is 0 Å². The first-order chi connectivity index (χ1) is 6.16. The van der Waals surface area contributed by atoms with E-state index in [1.165, 1.54) is 11.1 Å². The fourth-order valence-corrected chi connectivity index (χ4v) is 1.68. The van der Waals surface area contributed by atoms with Crippen molar-refractivity contribution in [2.45, 2.75) is 39.2 Å². The lowest BCUT2D eigenvalue weighted by molar-refractivity contribution is 0.549. The van der Waals surface area contributed by atoms with E-state index in [1.54, 1.807) is 0 Å². The van der Waals surface area contributed by atoms with Gasteiger partial charge in [-0.05, 0) is 30.4 Å². The van der Waals surface area contributed by atoms with Crippen LogP contribution in [0, 0.1) is 6.92 Å². The summed E-state index contributed by atoms with van der Waals surface area (Å²) in [6.45, 7) is 6.49. The molecule has 0 saturated carbocycles. The van der Waals surface area contributed by atoms with Crippen LogP contribution in [-0.2, 0) is 0 Å². The molecule has 1 heteroatoms. The van der Waals surface area contributed by atoms with Crippen molar-refractivity contribution in [3.8, 4) is 0 Å². The van der Waals surface area contributed by atoms with Gasteiger partial charge in [-0.25, -0.2) is 0 Å². The molecule has 0 aliphatic carbocycles. The lowest BCUT2D eigenvalue weighted by atomic mass is 9.89. The molecule has 0 fully saturated rings. The first-order valence-corrected chi connectivity index (χ1v) is 4.98. The monoisotopic (exact) mass is 177 g/mol. The van der Waals surface area contributed by atoms with E-state index in [9.17, 15) is 0 Å². The second-order valence-corrected chi connectivity index (χ2v) is 3.72. The fourth-order valence-electron chi connectivity index (χ4n) is 1.68. The molecule has 1 rings (SSSR count). The maximum Gasteiger partial charge on any atom is 0.0103 e. The minimum absolute atomic E-state index is 0.279. The number of hydrogen-bond acceptors (Lipinski definition) is 1. The molecule has 2 atom stereocenters. The highest BCUT2D eigenvalue weighted by Gasteiger charge is 2.13. The van der Waals surface area contributed by atoms with E-state index in [0.717, 1.165) is 6.42 Å². The number of rotatable bonds is 3. The summed E-state index contributed by atoms with van der Waals surface area (Å²) in [5.41, 5.74) is 8.75. The lowest BCUT2D eigenvalue weighted by Crippen LogP contribution is -2.26. The molecule has 72 valence electrons. The van der Waals surface area contributed by atoms with Gasteiger partial charge in [-0.2, -0.15) is 0 Å². The molecule has 0 aliphatic rings. The van der Waals surface area contributed by atoms with Gasteiger partial charge in [-0.3, -0.25) is 0 Å². The van der Waals surface area contributed by atoms with Crippen LogP contribution in [0.15, 0.2) is 24.3 Å². The first kappa shape index (κ1) is 10.3. The highest BCUT2D eigenvalue weighted by atomic mass is 14.6. The fraction of sp³-hybridized carbons (Fsp3) is 0.500. The van der Waals surface area contributed by atoms with E-state index < -0.39 is 0 Å². The molecular formula is C12H19N. The van der Waals surface area contributed by atoms with Gasteiger partial charge in [0.2, 0.25) is 0 Å². The highest BCUT2D eigenvalue weighted by molar-refractivity contribution is 5.29. The Bertz CT molecular complexity index is 268. The summed E-state index contributed by atoms with van der Waals surface area (Å²) in [6, 6.07) is 8.76. The zero-order chi connectivity index (χ0) is 9.84. The molecule has 13 heavy (non-hydrogen) atoms. The quantitative estimate of drug-likeness (QED) is 0.755. The highest BCUT2D eigenvalue weighted by Crippen LogP contribution is 2.22. The summed E-state index contributed by atoms with van der Waals surface area (Å²) in [7, 11) is 0. The molecule has 0 amide bonds. The summed E-state index contributed by atoms with van der Waals surface area (Å²) in [4.78, 5) is 0. The van der Waals surface area contributed by atoms with Crippen LogP contribution in [0.3, 0.4) is 0 Å². The summed E-state index contributed by atoms with van der Waals surface area (Å²) in [6.07, 6.45) is 1.04. The largest absolute Gasteiger partial charge is 0.327 e. The van der Waals surface area contributed by atoms with E-state index in [2.05, 4.69) is 45.0 Å². The second kappa shape index (κ2) is 4.43. The lowest BCUT2D eigenvalue weighted by Gasteiger charge is -2.20. The Kier molecular flexibility index (Phi) is 3.49. The maximum absolute atomic E-state index is 6.02. The van der Waals surface area contributed by atoms with Crippen molar-refractivity contribution in [2.75, 3.05) is 0 Å². The molecule has 1 aromatic rings. The van der Waals surface area contributed by atoms with Crippen molar-refractivity contribution < 1.29 is 0 Å². The van der Waals surface area contributed by atoms with Gasteiger partial charge in [0.05, 0.1) is 0 Å². The molecule has 2 N–H and O–H groups in total. The number of benzene rings is 1. The molecule has 0 radical (unpaired) electrons. The third kappa shape index (κ3) is 2.31. The van der Waals surface area contributed by atoms with Crippen LogP contribution < -0.4 is 5.73 Å². The van der Waals surface area contributed by atoms with Crippen molar-refractivity contribution >= 4 is 0 Å². The Morgan fingerprint density at radius 3 is 2.46 bits per heavy atom. The predicted molar refractivity (Wildman–Crippen MR) is 57.9 cm³/mol. The Morgan fingerprint density at radius 1 is 1.31 bits per heavy atom. The Labute approximate surface area is 81.0 Å². The zero-order valence-electron chi connectivity index (χ0n) is 8.75. The smallest absolute Gasteiger partial charge is 0.0103 e. The van der Waals surface area contributed by atoms with Gasteiger partial charge < -0.3 is 5.73 Å². The van der Waals surface area contributed by atoms with Crippen LogP contribution in [0.2, 0.25) is 0 Å².